The van der Waals surface area contributed by atoms with Gasteiger partial charge in [-0.3, -0.25) is 10.4 Å². The second-order valence-corrected chi connectivity index (χ2v) is 4.83. The molecule has 0 bridgehead atoms. The molecule has 0 aliphatic heterocycles. The molecule has 21 heavy (non-hydrogen) atoms. The van der Waals surface area contributed by atoms with E-state index in [9.17, 15) is 4.79 Å². The maximum atomic E-state index is 11.0. The van der Waals surface area contributed by atoms with Crippen molar-refractivity contribution >= 4 is 52.7 Å². The quantitative estimate of drug-likeness (QED) is 0.502. The summed E-state index contributed by atoms with van der Waals surface area (Å²) in [4.78, 5) is 18.5. The lowest BCUT2D eigenvalue weighted by atomic mass is 10.3. The Morgan fingerprint density at radius 3 is 2.71 bits per heavy atom. The molecule has 9 heteroatoms. The van der Waals surface area contributed by atoms with Crippen molar-refractivity contribution in [2.45, 2.75) is 0 Å². The van der Waals surface area contributed by atoms with Crippen molar-refractivity contribution in [1.29, 1.82) is 0 Å². The molecule has 0 fully saturated rings. The van der Waals surface area contributed by atoms with Gasteiger partial charge in [0, 0.05) is 18.0 Å². The molecule has 0 radical (unpaired) electrons. The van der Waals surface area contributed by atoms with Gasteiger partial charge in [-0.25, -0.2) is 9.78 Å². The number of aromatic nitrogens is 2. The average Bonchev–Trinajstić information content (AvgIpc) is 2.47. The van der Waals surface area contributed by atoms with Gasteiger partial charge in [-0.05, 0) is 6.07 Å². The highest BCUT2D eigenvalue weighted by atomic mass is 35.5. The molecule has 0 amide bonds. The monoisotopic (exact) mass is 344 g/mol. The summed E-state index contributed by atoms with van der Waals surface area (Å²) in [5, 5.41) is 12.5. The van der Waals surface area contributed by atoms with Gasteiger partial charge >= 0.3 is 5.97 Å². The van der Waals surface area contributed by atoms with Crippen molar-refractivity contribution in [3.05, 3.63) is 51.0 Å². The molecule has 2 heterocycles. The van der Waals surface area contributed by atoms with Crippen LogP contribution in [0.4, 0.5) is 5.69 Å². The third-order valence-corrected chi connectivity index (χ3v) is 3.42. The van der Waals surface area contributed by atoms with E-state index in [1.165, 1.54) is 6.21 Å². The Bertz CT molecular complexity index is 707. The number of hydrogen-bond donors (Lipinski definition) is 2. The minimum absolute atomic E-state index is 0.0185. The minimum atomic E-state index is -1.32. The van der Waals surface area contributed by atoms with E-state index in [0.717, 1.165) is 5.56 Å². The topological polar surface area (TPSA) is 87.5 Å². The van der Waals surface area contributed by atoms with E-state index in [1.54, 1.807) is 24.5 Å². The molecule has 0 spiro atoms. The Morgan fingerprint density at radius 1 is 1.33 bits per heavy atom. The normalized spacial score (nSPS) is 10.8. The number of nitrogens with one attached hydrogen (secondary N) is 1. The summed E-state index contributed by atoms with van der Waals surface area (Å²) in [6.07, 6.45) is 4.69. The van der Waals surface area contributed by atoms with Crippen LogP contribution < -0.4 is 5.43 Å². The summed E-state index contributed by atoms with van der Waals surface area (Å²) in [5.74, 6) is -1.32. The van der Waals surface area contributed by atoms with Crippen LogP contribution in [0.2, 0.25) is 15.2 Å². The number of hydrazone groups is 1. The molecule has 2 N–H and O–H groups in total. The smallest absolute Gasteiger partial charge is 0.356 e. The van der Waals surface area contributed by atoms with Gasteiger partial charge in [0.15, 0.2) is 10.8 Å². The van der Waals surface area contributed by atoms with E-state index in [-0.39, 0.29) is 20.9 Å². The molecule has 2 aromatic rings. The van der Waals surface area contributed by atoms with Crippen LogP contribution in [0.25, 0.3) is 0 Å². The third-order valence-electron chi connectivity index (χ3n) is 2.31. The minimum Gasteiger partial charge on any atom is -0.476 e. The zero-order chi connectivity index (χ0) is 15.4. The van der Waals surface area contributed by atoms with Crippen LogP contribution in [0.1, 0.15) is 16.1 Å². The summed E-state index contributed by atoms with van der Waals surface area (Å²) in [6.45, 7) is 0. The molecular weight excluding hydrogens is 339 g/mol. The lowest BCUT2D eigenvalue weighted by molar-refractivity contribution is 0.0691. The number of halogens is 3. The second-order valence-electron chi connectivity index (χ2n) is 3.72. The first-order valence-corrected chi connectivity index (χ1v) is 6.61. The Morgan fingerprint density at radius 2 is 2.10 bits per heavy atom. The summed E-state index contributed by atoms with van der Waals surface area (Å²) >= 11 is 17.6. The molecule has 0 atom stereocenters. The first-order valence-electron chi connectivity index (χ1n) is 5.47. The second kappa shape index (κ2) is 6.71. The van der Waals surface area contributed by atoms with E-state index in [1.807, 2.05) is 0 Å². The predicted molar refractivity (Wildman–Crippen MR) is 81.7 cm³/mol. The molecule has 0 unspecified atom stereocenters. The summed E-state index contributed by atoms with van der Waals surface area (Å²) in [7, 11) is 0. The number of carboxylic acids is 1. The summed E-state index contributed by atoms with van der Waals surface area (Å²) in [5.41, 5.74) is 2.94. The van der Waals surface area contributed by atoms with Crippen LogP contribution in [-0.4, -0.2) is 27.3 Å². The van der Waals surface area contributed by atoms with Gasteiger partial charge in [-0.2, -0.15) is 5.10 Å². The fourth-order valence-corrected chi connectivity index (χ4v) is 2.04. The number of pyridine rings is 2. The van der Waals surface area contributed by atoms with E-state index >= 15 is 0 Å². The Hall–Kier alpha value is -1.89. The largest absolute Gasteiger partial charge is 0.476 e. The van der Waals surface area contributed by atoms with E-state index in [2.05, 4.69) is 20.5 Å². The number of carboxylic acid groups (broad SMARTS) is 1. The zero-order valence-corrected chi connectivity index (χ0v) is 12.5. The number of carbonyl (C=O) groups is 1. The van der Waals surface area contributed by atoms with Gasteiger partial charge in [0.05, 0.1) is 11.9 Å². The highest BCUT2D eigenvalue weighted by molar-refractivity contribution is 6.46. The fraction of sp³-hybridized carbons (Fsp3) is 0. The number of rotatable bonds is 4. The zero-order valence-electron chi connectivity index (χ0n) is 10.2. The van der Waals surface area contributed by atoms with Crippen molar-refractivity contribution in [2.75, 3.05) is 5.43 Å². The Balaban J connectivity index is 2.31. The van der Waals surface area contributed by atoms with E-state index in [4.69, 9.17) is 39.9 Å². The molecule has 108 valence electrons. The SMILES string of the molecule is O=C(O)c1nc(Cl)c(Cl)c(N/N=C\c2cccnc2)c1Cl. The molecule has 0 saturated carbocycles. The lowest BCUT2D eigenvalue weighted by Crippen LogP contribution is -2.05. The van der Waals surface area contributed by atoms with Gasteiger partial charge in [0.1, 0.15) is 10.0 Å². The Kier molecular flexibility index (Phi) is 4.95. The average molecular weight is 346 g/mol. The third kappa shape index (κ3) is 3.60. The van der Waals surface area contributed by atoms with Crippen molar-refractivity contribution in [3.8, 4) is 0 Å². The number of hydrogen-bond acceptors (Lipinski definition) is 5. The summed E-state index contributed by atoms with van der Waals surface area (Å²) < 4.78 is 0. The molecular formula is C12H7Cl3N4O2. The van der Waals surface area contributed by atoms with Crippen LogP contribution in [0.15, 0.2) is 29.6 Å². The molecule has 0 aliphatic rings. The number of anilines is 1. The van der Waals surface area contributed by atoms with Gasteiger partial charge < -0.3 is 5.11 Å². The molecule has 2 rings (SSSR count). The molecule has 0 aliphatic carbocycles. The summed E-state index contributed by atoms with van der Waals surface area (Å²) in [6, 6.07) is 3.52. The number of nitrogens with zero attached hydrogens (tertiary/aromatic N) is 3. The number of aromatic carboxylic acids is 1. The van der Waals surface area contributed by atoms with Gasteiger partial charge in [0.2, 0.25) is 0 Å². The van der Waals surface area contributed by atoms with E-state index < -0.39 is 11.7 Å². The first kappa shape index (κ1) is 15.5. The molecule has 0 saturated heterocycles. The highest BCUT2D eigenvalue weighted by Crippen LogP contribution is 2.36. The van der Waals surface area contributed by atoms with Crippen LogP contribution in [0, 0.1) is 0 Å². The van der Waals surface area contributed by atoms with Crippen LogP contribution >= 0.6 is 34.8 Å². The first-order chi connectivity index (χ1) is 10.0. The van der Waals surface area contributed by atoms with Crippen LogP contribution in [-0.2, 0) is 0 Å². The van der Waals surface area contributed by atoms with E-state index in [0.29, 0.717) is 0 Å². The van der Waals surface area contributed by atoms with Crippen molar-refractivity contribution in [3.63, 3.8) is 0 Å². The van der Waals surface area contributed by atoms with Crippen molar-refractivity contribution in [1.82, 2.24) is 9.97 Å². The predicted octanol–water partition coefficient (Wildman–Crippen LogP) is 3.58. The van der Waals surface area contributed by atoms with Crippen molar-refractivity contribution in [2.24, 2.45) is 5.10 Å². The fourth-order valence-electron chi connectivity index (χ4n) is 1.38. The highest BCUT2D eigenvalue weighted by Gasteiger charge is 2.20. The maximum Gasteiger partial charge on any atom is 0.356 e. The standard InChI is InChI=1S/C12H7Cl3N4O2/c13-7-9(8(14)11(15)18-10(7)12(20)21)19-17-5-6-2-1-3-16-4-6/h1-5H,(H,18,19)(H,20,21)/b17-5-. The van der Waals surface area contributed by atoms with Crippen molar-refractivity contribution < 1.29 is 9.90 Å². The van der Waals surface area contributed by atoms with Crippen LogP contribution in [0.3, 0.4) is 0 Å². The Labute approximate surface area is 134 Å². The van der Waals surface area contributed by atoms with Gasteiger partial charge in [-0.15, -0.1) is 0 Å². The molecule has 6 nitrogen and oxygen atoms in total. The molecule has 0 aromatic carbocycles. The van der Waals surface area contributed by atoms with Gasteiger partial charge in [0.25, 0.3) is 0 Å². The van der Waals surface area contributed by atoms with Gasteiger partial charge in [-0.1, -0.05) is 40.9 Å². The van der Waals surface area contributed by atoms with Crippen LogP contribution in [0.5, 0.6) is 0 Å². The lowest BCUT2D eigenvalue weighted by Gasteiger charge is -2.09. The molecule has 2 aromatic heterocycles. The maximum absolute atomic E-state index is 11.0.